The highest BCUT2D eigenvalue weighted by atomic mass is 16.5. The van der Waals surface area contributed by atoms with Gasteiger partial charge in [0.15, 0.2) is 11.5 Å². The van der Waals surface area contributed by atoms with Crippen LogP contribution < -0.4 is 20.1 Å². The fourth-order valence-corrected chi connectivity index (χ4v) is 5.25. The highest BCUT2D eigenvalue weighted by molar-refractivity contribution is 5.92. The maximum atomic E-state index is 12.4. The maximum absolute atomic E-state index is 12.4. The highest BCUT2D eigenvalue weighted by Crippen LogP contribution is 2.35. The molecule has 2 saturated carbocycles. The minimum Gasteiger partial charge on any atom is -0.493 e. The molecule has 2 aliphatic carbocycles. The Kier molecular flexibility index (Phi) is 10.7. The van der Waals surface area contributed by atoms with E-state index in [-0.39, 0.29) is 30.3 Å². The molecule has 1 amide bonds. The van der Waals surface area contributed by atoms with E-state index < -0.39 is 0 Å². The number of methoxy groups -OCH3 is 2. The lowest BCUT2D eigenvalue weighted by molar-refractivity contribution is -0.140. The lowest BCUT2D eigenvalue weighted by atomic mass is 9.95. The fourth-order valence-electron chi connectivity index (χ4n) is 5.25. The SMILES string of the molecule is COC(=O)CC(C#Cc1ccc(NC(=O)CNC2CCCCC2)cc1)c1ccc(OC)c(OC2CCCC2)c1. The van der Waals surface area contributed by atoms with Gasteiger partial charge in [-0.05, 0) is 80.5 Å². The summed E-state index contributed by atoms with van der Waals surface area (Å²) in [4.78, 5) is 24.6. The molecule has 2 aromatic carbocycles. The molecule has 2 fully saturated rings. The van der Waals surface area contributed by atoms with Crippen molar-refractivity contribution >= 4 is 17.6 Å². The van der Waals surface area contributed by atoms with Crippen LogP contribution in [0.3, 0.4) is 0 Å². The van der Waals surface area contributed by atoms with Crippen LogP contribution in [-0.2, 0) is 14.3 Å². The van der Waals surface area contributed by atoms with Crippen LogP contribution in [0.4, 0.5) is 5.69 Å². The van der Waals surface area contributed by atoms with E-state index in [1.807, 2.05) is 42.5 Å². The minimum absolute atomic E-state index is 0.0484. The molecule has 0 spiro atoms. The number of hydrogen-bond acceptors (Lipinski definition) is 6. The number of benzene rings is 2. The zero-order valence-corrected chi connectivity index (χ0v) is 23.1. The van der Waals surface area contributed by atoms with E-state index in [9.17, 15) is 9.59 Å². The lowest BCUT2D eigenvalue weighted by Crippen LogP contribution is -2.37. The zero-order valence-electron chi connectivity index (χ0n) is 23.1. The topological polar surface area (TPSA) is 85.9 Å². The minimum atomic E-state index is -0.375. The molecule has 208 valence electrons. The second-order valence-electron chi connectivity index (χ2n) is 10.4. The van der Waals surface area contributed by atoms with Gasteiger partial charge in [-0.15, -0.1) is 0 Å². The molecule has 4 rings (SSSR count). The van der Waals surface area contributed by atoms with Gasteiger partial charge in [-0.2, -0.15) is 0 Å². The van der Waals surface area contributed by atoms with Crippen molar-refractivity contribution in [3.63, 3.8) is 0 Å². The molecule has 39 heavy (non-hydrogen) atoms. The molecule has 2 N–H and O–H groups in total. The Hall–Kier alpha value is -3.50. The normalized spacial score (nSPS) is 16.6. The first-order valence-corrected chi connectivity index (χ1v) is 14.1. The van der Waals surface area contributed by atoms with Crippen molar-refractivity contribution in [3.8, 4) is 23.3 Å². The highest BCUT2D eigenvalue weighted by Gasteiger charge is 2.21. The van der Waals surface area contributed by atoms with Crippen molar-refractivity contribution in [2.45, 2.75) is 82.3 Å². The molecule has 2 aliphatic rings. The van der Waals surface area contributed by atoms with E-state index >= 15 is 0 Å². The van der Waals surface area contributed by atoms with Crippen molar-refractivity contribution in [2.75, 3.05) is 26.1 Å². The molecule has 1 atom stereocenters. The summed E-state index contributed by atoms with van der Waals surface area (Å²) in [6.07, 6.45) is 10.8. The molecule has 0 bridgehead atoms. The maximum Gasteiger partial charge on any atom is 0.307 e. The molecule has 1 unspecified atom stereocenters. The van der Waals surface area contributed by atoms with Gasteiger partial charge in [-0.25, -0.2) is 0 Å². The summed E-state index contributed by atoms with van der Waals surface area (Å²) in [5, 5.41) is 6.31. The average molecular weight is 533 g/mol. The molecule has 0 aromatic heterocycles. The smallest absolute Gasteiger partial charge is 0.307 e. The summed E-state index contributed by atoms with van der Waals surface area (Å²) < 4.78 is 16.7. The number of anilines is 1. The van der Waals surface area contributed by atoms with E-state index in [0.717, 1.165) is 42.5 Å². The number of rotatable bonds is 10. The van der Waals surface area contributed by atoms with E-state index in [1.165, 1.54) is 39.2 Å². The molecule has 7 nitrogen and oxygen atoms in total. The van der Waals surface area contributed by atoms with Gasteiger partial charge in [0.05, 0.1) is 39.2 Å². The van der Waals surface area contributed by atoms with Gasteiger partial charge in [-0.3, -0.25) is 9.59 Å². The fraction of sp³-hybridized carbons (Fsp3) is 0.500. The zero-order chi connectivity index (χ0) is 27.5. The van der Waals surface area contributed by atoms with Crippen molar-refractivity contribution < 1.29 is 23.8 Å². The summed E-state index contributed by atoms with van der Waals surface area (Å²) in [6.45, 7) is 0.315. The first kappa shape index (κ1) is 28.5. The second-order valence-corrected chi connectivity index (χ2v) is 10.4. The van der Waals surface area contributed by atoms with Crippen LogP contribution in [0.5, 0.6) is 11.5 Å². The number of ether oxygens (including phenoxy) is 3. The van der Waals surface area contributed by atoms with Crippen molar-refractivity contribution in [1.29, 1.82) is 0 Å². The Balaban J connectivity index is 1.42. The number of hydrogen-bond donors (Lipinski definition) is 2. The molecular weight excluding hydrogens is 492 g/mol. The monoisotopic (exact) mass is 532 g/mol. The Morgan fingerprint density at radius 1 is 0.923 bits per heavy atom. The quantitative estimate of drug-likeness (QED) is 0.307. The summed E-state index contributed by atoms with van der Waals surface area (Å²) in [6, 6.07) is 13.6. The predicted molar refractivity (Wildman–Crippen MR) is 152 cm³/mol. The molecule has 0 aliphatic heterocycles. The van der Waals surface area contributed by atoms with Crippen LogP contribution in [0, 0.1) is 11.8 Å². The summed E-state index contributed by atoms with van der Waals surface area (Å²) in [7, 11) is 3.01. The largest absolute Gasteiger partial charge is 0.493 e. The van der Waals surface area contributed by atoms with E-state index in [1.54, 1.807) is 7.11 Å². The van der Waals surface area contributed by atoms with Crippen molar-refractivity contribution in [1.82, 2.24) is 5.32 Å². The van der Waals surface area contributed by atoms with Crippen molar-refractivity contribution in [3.05, 3.63) is 53.6 Å². The molecular formula is C32H40N2O5. The van der Waals surface area contributed by atoms with E-state index in [0.29, 0.717) is 24.1 Å². The van der Waals surface area contributed by atoms with Gasteiger partial charge in [0.25, 0.3) is 0 Å². The molecule has 2 aromatic rings. The van der Waals surface area contributed by atoms with Crippen LogP contribution in [0.1, 0.15) is 81.3 Å². The van der Waals surface area contributed by atoms with Gasteiger partial charge in [0, 0.05) is 17.3 Å². The Bertz CT molecular complexity index is 1160. The number of carbonyl (C=O) groups is 2. The third-order valence-electron chi connectivity index (χ3n) is 7.50. The van der Waals surface area contributed by atoms with E-state index in [4.69, 9.17) is 14.2 Å². The van der Waals surface area contributed by atoms with Crippen LogP contribution in [0.25, 0.3) is 0 Å². The predicted octanol–water partition coefficient (Wildman–Crippen LogP) is 5.58. The van der Waals surface area contributed by atoms with Gasteiger partial charge >= 0.3 is 5.97 Å². The lowest BCUT2D eigenvalue weighted by Gasteiger charge is -2.22. The molecule has 0 heterocycles. The van der Waals surface area contributed by atoms with Crippen LogP contribution in [0.15, 0.2) is 42.5 Å². The summed E-state index contributed by atoms with van der Waals surface area (Å²) >= 11 is 0. The molecule has 7 heteroatoms. The Morgan fingerprint density at radius 3 is 2.33 bits per heavy atom. The standard InChI is InChI=1S/C32H40N2O5/c1-37-29-19-16-24(20-30(29)39-28-10-6-7-11-28)25(21-32(36)38-2)15-12-23-13-17-27(18-14-23)34-31(35)22-33-26-8-4-3-5-9-26/h13-14,16-20,25-26,28,33H,3-11,21-22H2,1-2H3,(H,34,35). The summed E-state index contributed by atoms with van der Waals surface area (Å²) in [5.74, 6) is 7.03. The first-order chi connectivity index (χ1) is 19.0. The van der Waals surface area contributed by atoms with Gasteiger partial charge in [0.1, 0.15) is 0 Å². The first-order valence-electron chi connectivity index (χ1n) is 14.1. The summed E-state index contributed by atoms with van der Waals surface area (Å²) in [5.41, 5.74) is 2.39. The second kappa shape index (κ2) is 14.6. The van der Waals surface area contributed by atoms with E-state index in [2.05, 4.69) is 22.5 Å². The van der Waals surface area contributed by atoms with Crippen LogP contribution in [-0.4, -0.2) is 44.8 Å². The molecule has 0 radical (unpaired) electrons. The molecule has 0 saturated heterocycles. The number of nitrogens with one attached hydrogen (secondary N) is 2. The van der Waals surface area contributed by atoms with Crippen molar-refractivity contribution in [2.24, 2.45) is 0 Å². The van der Waals surface area contributed by atoms with Gasteiger partial charge < -0.3 is 24.8 Å². The van der Waals surface area contributed by atoms with Gasteiger partial charge in [-0.1, -0.05) is 37.2 Å². The number of amides is 1. The third-order valence-corrected chi connectivity index (χ3v) is 7.50. The van der Waals surface area contributed by atoms with Crippen LogP contribution >= 0.6 is 0 Å². The number of esters is 1. The van der Waals surface area contributed by atoms with Gasteiger partial charge in [0.2, 0.25) is 5.91 Å². The van der Waals surface area contributed by atoms with Crippen LogP contribution in [0.2, 0.25) is 0 Å². The third kappa shape index (κ3) is 8.76. The average Bonchev–Trinajstić information content (AvgIpc) is 3.48. The Labute approximate surface area is 232 Å². The number of carbonyl (C=O) groups excluding carboxylic acids is 2. The Morgan fingerprint density at radius 2 is 1.64 bits per heavy atom.